The van der Waals surface area contributed by atoms with Gasteiger partial charge in [-0.15, -0.1) is 0 Å². The zero-order chi connectivity index (χ0) is 10.6. The molecule has 1 aliphatic rings. The van der Waals surface area contributed by atoms with E-state index in [4.69, 9.17) is 10.5 Å². The van der Waals surface area contributed by atoms with Gasteiger partial charge in [-0.05, 0) is 5.92 Å². The number of hydrogen-bond acceptors (Lipinski definition) is 3. The average molecular weight is 200 g/mol. The summed E-state index contributed by atoms with van der Waals surface area (Å²) in [6, 6.07) is 0. The molecule has 0 unspecified atom stereocenters. The van der Waals surface area contributed by atoms with Gasteiger partial charge in [-0.2, -0.15) is 0 Å². The van der Waals surface area contributed by atoms with Crippen molar-refractivity contribution in [2.75, 3.05) is 33.4 Å². The molecule has 1 fully saturated rings. The monoisotopic (exact) mass is 200 g/mol. The fourth-order valence-corrected chi connectivity index (χ4v) is 1.95. The third-order valence-corrected chi connectivity index (χ3v) is 2.86. The molecular weight excluding hydrogens is 180 g/mol. The molecule has 82 valence electrons. The van der Waals surface area contributed by atoms with Crippen molar-refractivity contribution in [2.45, 2.75) is 13.3 Å². The van der Waals surface area contributed by atoms with E-state index in [1.54, 1.807) is 7.11 Å². The van der Waals surface area contributed by atoms with E-state index in [9.17, 15) is 4.79 Å². The highest BCUT2D eigenvalue weighted by Gasteiger charge is 2.31. The third kappa shape index (κ3) is 2.69. The van der Waals surface area contributed by atoms with Crippen LogP contribution < -0.4 is 5.73 Å². The predicted molar refractivity (Wildman–Crippen MR) is 54.8 cm³/mol. The van der Waals surface area contributed by atoms with Crippen molar-refractivity contribution in [1.29, 1.82) is 0 Å². The fraction of sp³-hybridized carbons (Fsp3) is 0.900. The van der Waals surface area contributed by atoms with E-state index in [0.29, 0.717) is 24.8 Å². The minimum absolute atomic E-state index is 0.179. The maximum atomic E-state index is 11.5. The van der Waals surface area contributed by atoms with E-state index in [0.717, 1.165) is 19.7 Å². The Kier molecular flexibility index (Phi) is 4.35. The SMILES string of the molecule is COC[C@@H]1CN(C(=O)CCN)C[C@H]1C. The number of likely N-dealkylation sites (tertiary alicyclic amines) is 1. The first-order valence-corrected chi connectivity index (χ1v) is 5.15. The summed E-state index contributed by atoms with van der Waals surface area (Å²) in [5.74, 6) is 1.20. The van der Waals surface area contributed by atoms with Crippen LogP contribution in [0, 0.1) is 11.8 Å². The second-order valence-corrected chi connectivity index (χ2v) is 4.03. The van der Waals surface area contributed by atoms with E-state index >= 15 is 0 Å². The zero-order valence-electron chi connectivity index (χ0n) is 9.03. The molecule has 4 nitrogen and oxygen atoms in total. The van der Waals surface area contributed by atoms with Gasteiger partial charge in [0.05, 0.1) is 6.61 Å². The first kappa shape index (κ1) is 11.5. The summed E-state index contributed by atoms with van der Waals surface area (Å²) in [7, 11) is 1.71. The lowest BCUT2D eigenvalue weighted by atomic mass is 10.00. The van der Waals surface area contributed by atoms with E-state index in [-0.39, 0.29) is 5.91 Å². The number of amides is 1. The molecule has 0 aromatic heterocycles. The Morgan fingerprint density at radius 2 is 2.29 bits per heavy atom. The van der Waals surface area contributed by atoms with Crippen LogP contribution >= 0.6 is 0 Å². The quantitative estimate of drug-likeness (QED) is 0.699. The van der Waals surface area contributed by atoms with E-state index in [1.165, 1.54) is 0 Å². The molecule has 2 N–H and O–H groups in total. The minimum atomic E-state index is 0.179. The van der Waals surface area contributed by atoms with Gasteiger partial charge in [-0.3, -0.25) is 4.79 Å². The normalized spacial score (nSPS) is 26.9. The number of carbonyl (C=O) groups excluding carboxylic acids is 1. The molecule has 4 heteroatoms. The Labute approximate surface area is 85.4 Å². The van der Waals surface area contributed by atoms with Gasteiger partial charge >= 0.3 is 0 Å². The first-order chi connectivity index (χ1) is 6.69. The number of nitrogens with zero attached hydrogens (tertiary/aromatic N) is 1. The number of rotatable bonds is 4. The molecule has 1 amide bonds. The second kappa shape index (κ2) is 5.32. The standard InChI is InChI=1S/C10H20N2O2/c1-8-5-12(10(13)3-4-11)6-9(8)7-14-2/h8-9H,3-7,11H2,1-2H3/t8-,9+/m1/s1. The molecule has 2 atom stereocenters. The van der Waals surface area contributed by atoms with Crippen LogP contribution in [0.1, 0.15) is 13.3 Å². The first-order valence-electron chi connectivity index (χ1n) is 5.15. The molecule has 0 spiro atoms. The summed E-state index contributed by atoms with van der Waals surface area (Å²) in [4.78, 5) is 13.4. The molecule has 0 bridgehead atoms. The molecule has 0 aliphatic carbocycles. The summed E-state index contributed by atoms with van der Waals surface area (Å²) >= 11 is 0. The van der Waals surface area contributed by atoms with Crippen molar-refractivity contribution in [2.24, 2.45) is 17.6 Å². The van der Waals surface area contributed by atoms with Gasteiger partial charge in [0.2, 0.25) is 5.91 Å². The summed E-state index contributed by atoms with van der Waals surface area (Å²) in [6.07, 6.45) is 0.465. The Morgan fingerprint density at radius 1 is 1.57 bits per heavy atom. The molecule has 1 rings (SSSR count). The van der Waals surface area contributed by atoms with Crippen LogP contribution in [0.2, 0.25) is 0 Å². The molecule has 1 saturated heterocycles. The van der Waals surface area contributed by atoms with Gasteiger partial charge in [-0.25, -0.2) is 0 Å². The highest BCUT2D eigenvalue weighted by molar-refractivity contribution is 5.76. The molecule has 0 aromatic carbocycles. The lowest BCUT2D eigenvalue weighted by Crippen LogP contribution is -2.30. The average Bonchev–Trinajstić information content (AvgIpc) is 2.49. The van der Waals surface area contributed by atoms with Gasteiger partial charge in [-0.1, -0.05) is 6.92 Å². The molecule has 0 radical (unpaired) electrons. The molecule has 1 heterocycles. The van der Waals surface area contributed by atoms with Gasteiger partial charge < -0.3 is 15.4 Å². The highest BCUT2D eigenvalue weighted by atomic mass is 16.5. The van der Waals surface area contributed by atoms with Gasteiger partial charge in [0.1, 0.15) is 0 Å². The smallest absolute Gasteiger partial charge is 0.223 e. The number of hydrogen-bond donors (Lipinski definition) is 1. The number of ether oxygens (including phenoxy) is 1. The van der Waals surface area contributed by atoms with Gasteiger partial charge in [0, 0.05) is 39.1 Å². The molecule has 0 aromatic rings. The number of nitrogens with two attached hydrogens (primary N) is 1. The lowest BCUT2D eigenvalue weighted by molar-refractivity contribution is -0.130. The van der Waals surface area contributed by atoms with Crippen molar-refractivity contribution in [3.05, 3.63) is 0 Å². The topological polar surface area (TPSA) is 55.6 Å². The van der Waals surface area contributed by atoms with Crippen LogP contribution in [0.15, 0.2) is 0 Å². The highest BCUT2D eigenvalue weighted by Crippen LogP contribution is 2.23. The van der Waals surface area contributed by atoms with E-state index < -0.39 is 0 Å². The van der Waals surface area contributed by atoms with Crippen molar-refractivity contribution in [3.8, 4) is 0 Å². The molecule has 1 aliphatic heterocycles. The van der Waals surface area contributed by atoms with Crippen molar-refractivity contribution < 1.29 is 9.53 Å². The third-order valence-electron chi connectivity index (χ3n) is 2.86. The van der Waals surface area contributed by atoms with Crippen LogP contribution in [-0.4, -0.2) is 44.2 Å². The summed E-state index contributed by atoms with van der Waals surface area (Å²) in [5, 5.41) is 0. The van der Waals surface area contributed by atoms with Crippen molar-refractivity contribution >= 4 is 5.91 Å². The van der Waals surface area contributed by atoms with Crippen LogP contribution in [0.4, 0.5) is 0 Å². The zero-order valence-corrected chi connectivity index (χ0v) is 9.03. The fourth-order valence-electron chi connectivity index (χ4n) is 1.95. The molecular formula is C10H20N2O2. The summed E-state index contributed by atoms with van der Waals surface area (Å²) in [5.41, 5.74) is 5.35. The summed E-state index contributed by atoms with van der Waals surface area (Å²) in [6.45, 7) is 5.03. The number of methoxy groups -OCH3 is 1. The predicted octanol–water partition coefficient (Wildman–Crippen LogP) is 0.0761. The maximum Gasteiger partial charge on any atom is 0.223 e. The van der Waals surface area contributed by atoms with Crippen molar-refractivity contribution in [1.82, 2.24) is 4.90 Å². The van der Waals surface area contributed by atoms with E-state index in [1.807, 2.05) is 4.90 Å². The largest absolute Gasteiger partial charge is 0.384 e. The Balaban J connectivity index is 2.41. The molecule has 14 heavy (non-hydrogen) atoms. The Hall–Kier alpha value is -0.610. The number of carbonyl (C=O) groups is 1. The second-order valence-electron chi connectivity index (χ2n) is 4.03. The van der Waals surface area contributed by atoms with Crippen LogP contribution in [-0.2, 0) is 9.53 Å². The van der Waals surface area contributed by atoms with Gasteiger partial charge in [0.15, 0.2) is 0 Å². The van der Waals surface area contributed by atoms with Crippen LogP contribution in [0.3, 0.4) is 0 Å². The van der Waals surface area contributed by atoms with Crippen LogP contribution in [0.25, 0.3) is 0 Å². The lowest BCUT2D eigenvalue weighted by Gasteiger charge is -2.15. The molecule has 0 saturated carbocycles. The Morgan fingerprint density at radius 3 is 2.86 bits per heavy atom. The minimum Gasteiger partial charge on any atom is -0.384 e. The van der Waals surface area contributed by atoms with Crippen molar-refractivity contribution in [3.63, 3.8) is 0 Å². The van der Waals surface area contributed by atoms with Crippen LogP contribution in [0.5, 0.6) is 0 Å². The maximum absolute atomic E-state index is 11.5. The summed E-state index contributed by atoms with van der Waals surface area (Å²) < 4.78 is 5.12. The Bertz CT molecular complexity index is 197. The van der Waals surface area contributed by atoms with E-state index in [2.05, 4.69) is 6.92 Å². The van der Waals surface area contributed by atoms with Gasteiger partial charge in [0.25, 0.3) is 0 Å².